The van der Waals surface area contributed by atoms with Crippen molar-refractivity contribution in [2.75, 3.05) is 0 Å². The van der Waals surface area contributed by atoms with Crippen LogP contribution in [0.2, 0.25) is 0 Å². The van der Waals surface area contributed by atoms with Crippen LogP contribution in [0.4, 0.5) is 0 Å². The number of aromatic nitrogens is 3. The molecule has 1 aromatic heterocycles. The molecule has 4 N–H and O–H groups in total. The number of nitrogens with two attached hydrogens (primary N) is 1. The van der Waals surface area contributed by atoms with E-state index in [2.05, 4.69) is 5.10 Å². The number of amides is 1. The molecular weight excluding hydrogens is 152 g/mol. The second kappa shape index (κ2) is 2.37. The van der Waals surface area contributed by atoms with Crippen LogP contribution in [0.5, 0.6) is 0 Å². The Morgan fingerprint density at radius 2 is 2.09 bits per heavy atom. The minimum atomic E-state index is -1.03. The number of hydrogen-bond acceptors (Lipinski definition) is 4. The molecule has 0 aliphatic heterocycles. The van der Waals surface area contributed by atoms with Crippen LogP contribution in [0, 0.1) is 0 Å². The van der Waals surface area contributed by atoms with Gasteiger partial charge in [0, 0.05) is 0 Å². The zero-order chi connectivity index (χ0) is 8.43. The van der Waals surface area contributed by atoms with Crippen LogP contribution in [-0.4, -0.2) is 21.3 Å². The molecule has 1 aromatic rings. The maximum Gasteiger partial charge on any atom is 0.313 e. The first kappa shape index (κ1) is 7.19. The second-order valence-electron chi connectivity index (χ2n) is 1.72. The van der Waals surface area contributed by atoms with Gasteiger partial charge in [-0.2, -0.15) is 0 Å². The average molecular weight is 156 g/mol. The lowest BCUT2D eigenvalue weighted by Gasteiger charge is -1.88. The molecule has 0 bridgehead atoms. The lowest BCUT2D eigenvalue weighted by atomic mass is 10.4. The predicted octanol–water partition coefficient (Wildman–Crippen LogP) is -2.44. The van der Waals surface area contributed by atoms with Gasteiger partial charge in [0.2, 0.25) is 5.69 Å². The van der Waals surface area contributed by atoms with Crippen molar-refractivity contribution in [2.45, 2.75) is 0 Å². The van der Waals surface area contributed by atoms with E-state index in [4.69, 9.17) is 5.73 Å². The van der Waals surface area contributed by atoms with Gasteiger partial charge in [0.25, 0.3) is 11.3 Å². The number of hydrogen-bond donors (Lipinski definition) is 3. The van der Waals surface area contributed by atoms with Crippen LogP contribution in [0.1, 0.15) is 10.5 Å². The molecule has 0 unspecified atom stereocenters. The van der Waals surface area contributed by atoms with E-state index in [-0.39, 0.29) is 0 Å². The van der Waals surface area contributed by atoms with E-state index in [0.29, 0.717) is 0 Å². The molecule has 0 fully saturated rings. The number of carbonyl (C=O) groups is 1. The number of rotatable bonds is 1. The van der Waals surface area contributed by atoms with Crippen LogP contribution in [-0.2, 0) is 0 Å². The van der Waals surface area contributed by atoms with Gasteiger partial charge < -0.3 is 5.73 Å². The highest BCUT2D eigenvalue weighted by atomic mass is 16.2. The van der Waals surface area contributed by atoms with E-state index >= 15 is 0 Å². The first-order chi connectivity index (χ1) is 5.13. The van der Waals surface area contributed by atoms with E-state index in [1.165, 1.54) is 0 Å². The monoisotopic (exact) mass is 156 g/mol. The maximum absolute atomic E-state index is 10.7. The smallest absolute Gasteiger partial charge is 0.313 e. The van der Waals surface area contributed by atoms with Crippen LogP contribution < -0.4 is 16.7 Å². The molecule has 0 aliphatic rings. The lowest BCUT2D eigenvalue weighted by Crippen LogP contribution is -2.36. The van der Waals surface area contributed by atoms with Crippen molar-refractivity contribution in [3.63, 3.8) is 0 Å². The van der Waals surface area contributed by atoms with Gasteiger partial charge in [-0.25, -0.2) is 10.3 Å². The number of carbonyl (C=O) groups excluding carboxylic acids is 1. The van der Waals surface area contributed by atoms with Gasteiger partial charge >= 0.3 is 5.56 Å². The summed E-state index contributed by atoms with van der Waals surface area (Å²) in [6.45, 7) is 0. The van der Waals surface area contributed by atoms with E-state index in [1.54, 1.807) is 0 Å². The van der Waals surface area contributed by atoms with Crippen LogP contribution in [0.3, 0.4) is 0 Å². The molecule has 0 spiro atoms. The summed E-state index contributed by atoms with van der Waals surface area (Å²) in [5.74, 6) is -1.03. The molecule has 0 saturated carbocycles. The predicted molar refractivity (Wildman–Crippen MR) is 34.0 cm³/mol. The van der Waals surface area contributed by atoms with Gasteiger partial charge in [-0.05, 0) is 0 Å². The fourth-order valence-electron chi connectivity index (χ4n) is 0.517. The number of H-pyrrole nitrogens is 2. The molecule has 11 heavy (non-hydrogen) atoms. The third kappa shape index (κ3) is 1.16. The summed E-state index contributed by atoms with van der Waals surface area (Å²) in [5.41, 5.74) is 2.14. The molecule has 0 radical (unpaired) electrons. The zero-order valence-corrected chi connectivity index (χ0v) is 5.25. The van der Waals surface area contributed by atoms with E-state index in [0.717, 1.165) is 0 Å². The molecule has 0 aliphatic carbocycles. The molecule has 58 valence electrons. The summed E-state index contributed by atoms with van der Waals surface area (Å²) in [4.78, 5) is 31.5. The van der Waals surface area contributed by atoms with Crippen LogP contribution in [0.25, 0.3) is 0 Å². The van der Waals surface area contributed by atoms with Gasteiger partial charge in [0.05, 0.1) is 0 Å². The largest absolute Gasteiger partial charge is 0.364 e. The van der Waals surface area contributed by atoms with Gasteiger partial charge in [0.1, 0.15) is 0 Å². The summed E-state index contributed by atoms with van der Waals surface area (Å²) in [6, 6.07) is 0. The summed E-state index contributed by atoms with van der Waals surface area (Å²) < 4.78 is 0. The molecule has 7 nitrogen and oxygen atoms in total. The number of nitrogens with zero attached hydrogens (tertiary/aromatic N) is 1. The van der Waals surface area contributed by atoms with Crippen molar-refractivity contribution < 1.29 is 4.79 Å². The van der Waals surface area contributed by atoms with Gasteiger partial charge in [-0.15, -0.1) is 5.10 Å². The standard InChI is InChI=1S/C4H4N4O3/c5-3(10)1-2(9)4(11)7-8-6-1/h(H2,5,10)(H,8,9)(H,6,7,11). The summed E-state index contributed by atoms with van der Waals surface area (Å²) in [6.07, 6.45) is 0. The summed E-state index contributed by atoms with van der Waals surface area (Å²) in [5, 5.41) is 7.02. The second-order valence-corrected chi connectivity index (χ2v) is 1.72. The van der Waals surface area contributed by atoms with E-state index < -0.39 is 22.6 Å². The van der Waals surface area contributed by atoms with Crippen molar-refractivity contribution in [3.05, 3.63) is 26.3 Å². The Morgan fingerprint density at radius 3 is 2.55 bits per heavy atom. The first-order valence-electron chi connectivity index (χ1n) is 2.60. The number of primary amides is 1. The molecular formula is C4H4N4O3. The molecule has 0 saturated heterocycles. The Morgan fingerprint density at radius 1 is 1.45 bits per heavy atom. The fraction of sp³-hybridized carbons (Fsp3) is 0. The van der Waals surface area contributed by atoms with Crippen molar-refractivity contribution in [3.8, 4) is 0 Å². The van der Waals surface area contributed by atoms with E-state index in [1.807, 2.05) is 10.3 Å². The molecule has 7 heteroatoms. The highest BCUT2D eigenvalue weighted by molar-refractivity contribution is 5.90. The summed E-state index contributed by atoms with van der Waals surface area (Å²) >= 11 is 0. The van der Waals surface area contributed by atoms with E-state index in [9.17, 15) is 14.4 Å². The van der Waals surface area contributed by atoms with Crippen molar-refractivity contribution >= 4 is 5.91 Å². The molecule has 1 heterocycles. The normalized spacial score (nSPS) is 9.45. The Bertz CT molecular complexity index is 389. The highest BCUT2D eigenvalue weighted by Gasteiger charge is 2.09. The Balaban J connectivity index is 3.53. The average Bonchev–Trinajstić information content (AvgIpc) is 1.94. The Labute approximate surface area is 59.2 Å². The molecule has 0 atom stereocenters. The minimum absolute atomic E-state index is 0.589. The topological polar surface area (TPSA) is 122 Å². The quantitative estimate of drug-likeness (QED) is 0.391. The number of nitrogens with one attached hydrogen (secondary N) is 2. The molecule has 1 amide bonds. The minimum Gasteiger partial charge on any atom is -0.364 e. The Kier molecular flexibility index (Phi) is 1.55. The first-order valence-corrected chi connectivity index (χ1v) is 2.60. The van der Waals surface area contributed by atoms with Crippen LogP contribution >= 0.6 is 0 Å². The maximum atomic E-state index is 10.7. The fourth-order valence-corrected chi connectivity index (χ4v) is 0.517. The third-order valence-electron chi connectivity index (χ3n) is 0.992. The number of aromatic amines is 2. The highest BCUT2D eigenvalue weighted by Crippen LogP contribution is 1.71. The van der Waals surface area contributed by atoms with Gasteiger partial charge in [-0.1, -0.05) is 0 Å². The van der Waals surface area contributed by atoms with Crippen molar-refractivity contribution in [2.24, 2.45) is 5.73 Å². The van der Waals surface area contributed by atoms with Crippen molar-refractivity contribution in [1.82, 2.24) is 15.4 Å². The van der Waals surface area contributed by atoms with Gasteiger partial charge in [-0.3, -0.25) is 14.4 Å². The zero-order valence-electron chi connectivity index (χ0n) is 5.25. The van der Waals surface area contributed by atoms with Crippen molar-refractivity contribution in [1.29, 1.82) is 0 Å². The van der Waals surface area contributed by atoms with Crippen LogP contribution in [0.15, 0.2) is 9.59 Å². The third-order valence-corrected chi connectivity index (χ3v) is 0.992. The molecule has 0 aromatic carbocycles. The Hall–Kier alpha value is -1.92. The van der Waals surface area contributed by atoms with Gasteiger partial charge in [0.15, 0.2) is 0 Å². The molecule has 1 rings (SSSR count). The summed E-state index contributed by atoms with van der Waals surface area (Å²) in [7, 11) is 0. The lowest BCUT2D eigenvalue weighted by molar-refractivity contribution is 0.0992. The SMILES string of the molecule is NC(=O)c1n[nH][nH]c(=O)c1=O.